The molecule has 0 unspecified atom stereocenters. The molecule has 0 aliphatic rings. The minimum Gasteiger partial charge on any atom is -0.478 e. The van der Waals surface area contributed by atoms with Gasteiger partial charge in [-0.1, -0.05) is 19.1 Å². The summed E-state index contributed by atoms with van der Waals surface area (Å²) in [7, 11) is -3.36. The van der Waals surface area contributed by atoms with Crippen molar-refractivity contribution in [2.24, 2.45) is 0 Å². The highest BCUT2D eigenvalue weighted by atomic mass is 32.2. The number of nitrogens with one attached hydrogen (secondary N) is 1. The maximum Gasteiger partial charge on any atom is 0.339 e. The first-order valence-electron chi connectivity index (χ1n) is 8.43. The number of anilines is 1. The van der Waals surface area contributed by atoms with Gasteiger partial charge in [0.05, 0.1) is 10.5 Å². The molecule has 27 heavy (non-hydrogen) atoms. The van der Waals surface area contributed by atoms with Crippen LogP contribution in [-0.4, -0.2) is 30.1 Å². The Morgan fingerprint density at radius 3 is 2.37 bits per heavy atom. The largest absolute Gasteiger partial charge is 0.478 e. The van der Waals surface area contributed by atoms with Crippen LogP contribution in [0.5, 0.6) is 0 Å². The Labute approximate surface area is 158 Å². The molecule has 0 aliphatic heterocycles. The van der Waals surface area contributed by atoms with Gasteiger partial charge in [0.15, 0.2) is 15.6 Å². The lowest BCUT2D eigenvalue weighted by Gasteiger charge is -2.19. The van der Waals surface area contributed by atoms with Crippen molar-refractivity contribution < 1.29 is 27.5 Å². The smallest absolute Gasteiger partial charge is 0.339 e. The maximum absolute atomic E-state index is 12.4. The summed E-state index contributed by atoms with van der Waals surface area (Å²) in [6, 6.07) is 7.69. The Morgan fingerprint density at radius 1 is 1.19 bits per heavy atom. The van der Waals surface area contributed by atoms with Crippen molar-refractivity contribution >= 4 is 27.4 Å². The molecule has 2 N–H and O–H groups in total. The summed E-state index contributed by atoms with van der Waals surface area (Å²) in [4.78, 5) is 23.5. The highest BCUT2D eigenvalue weighted by Gasteiger charge is 2.29. The first-order valence-corrected chi connectivity index (χ1v) is 10.1. The number of carboxylic acids is 1. The number of furan rings is 1. The summed E-state index contributed by atoms with van der Waals surface area (Å²) in [5, 5.41) is 11.7. The van der Waals surface area contributed by atoms with E-state index in [0.29, 0.717) is 17.7 Å². The van der Waals surface area contributed by atoms with E-state index in [1.165, 1.54) is 6.07 Å². The molecule has 0 saturated heterocycles. The number of aryl methyl sites for hydroxylation is 1. The fourth-order valence-electron chi connectivity index (χ4n) is 2.35. The van der Waals surface area contributed by atoms with Gasteiger partial charge < -0.3 is 14.8 Å². The zero-order chi connectivity index (χ0) is 20.4. The molecular weight excluding hydrogens is 370 g/mol. The van der Waals surface area contributed by atoms with Crippen LogP contribution in [0.4, 0.5) is 5.69 Å². The summed E-state index contributed by atoms with van der Waals surface area (Å²) in [6.45, 7) is 6.63. The van der Waals surface area contributed by atoms with Gasteiger partial charge in [-0.2, -0.15) is 0 Å². The summed E-state index contributed by atoms with van der Waals surface area (Å²) in [5.41, 5.74) is 0.892. The van der Waals surface area contributed by atoms with Crippen molar-refractivity contribution in [3.8, 4) is 0 Å². The number of hydrogen-bond donors (Lipinski definition) is 2. The Morgan fingerprint density at radius 2 is 1.85 bits per heavy atom. The van der Waals surface area contributed by atoms with Crippen molar-refractivity contribution in [1.29, 1.82) is 0 Å². The highest BCUT2D eigenvalue weighted by Crippen LogP contribution is 2.23. The molecule has 1 aromatic carbocycles. The monoisotopic (exact) mass is 393 g/mol. The van der Waals surface area contributed by atoms with Gasteiger partial charge in [-0.15, -0.1) is 0 Å². The molecule has 1 aromatic heterocycles. The van der Waals surface area contributed by atoms with E-state index in [4.69, 9.17) is 9.52 Å². The minimum atomic E-state index is -3.36. The second-order valence-electron chi connectivity index (χ2n) is 7.13. The first kappa shape index (κ1) is 20.7. The third-order valence-corrected chi connectivity index (χ3v) is 6.64. The molecule has 1 heterocycles. The van der Waals surface area contributed by atoms with Crippen molar-refractivity contribution in [3.05, 3.63) is 53.0 Å². The molecule has 0 atom stereocenters. The lowest BCUT2D eigenvalue weighted by atomic mass is 10.2. The third kappa shape index (κ3) is 4.77. The highest BCUT2D eigenvalue weighted by molar-refractivity contribution is 7.91. The normalized spacial score (nSPS) is 12.0. The number of sulfone groups is 1. The number of carbonyl (C=O) groups excluding carboxylic acids is 1. The molecule has 1 amide bonds. The molecule has 0 fully saturated rings. The minimum absolute atomic E-state index is 0.0485. The summed E-state index contributed by atoms with van der Waals surface area (Å²) in [6.07, 6.45) is 0.342. The molecule has 7 nitrogen and oxygen atoms in total. The van der Waals surface area contributed by atoms with E-state index in [1.54, 1.807) is 52.0 Å². The van der Waals surface area contributed by atoms with Crippen LogP contribution >= 0.6 is 0 Å². The molecule has 146 valence electrons. The fourth-order valence-corrected chi connectivity index (χ4v) is 3.40. The molecule has 8 heteroatoms. The zero-order valence-corrected chi connectivity index (χ0v) is 16.5. The van der Waals surface area contributed by atoms with Crippen LogP contribution in [0.2, 0.25) is 0 Å². The van der Waals surface area contributed by atoms with Crippen LogP contribution in [0.25, 0.3) is 0 Å². The maximum atomic E-state index is 12.4. The summed E-state index contributed by atoms with van der Waals surface area (Å²) in [5.74, 6) is -1.81. The molecule has 2 rings (SSSR count). The molecule has 0 spiro atoms. The van der Waals surface area contributed by atoms with E-state index < -0.39 is 26.5 Å². The number of carbonyl (C=O) groups is 2. The summed E-state index contributed by atoms with van der Waals surface area (Å²) < 4.78 is 29.2. The SMILES string of the molecule is CCc1oc(C(=O)Nc2cccc(CS(=O)(=O)C(C)(C)C)c2)cc1C(=O)O. The third-order valence-electron chi connectivity index (χ3n) is 4.06. The van der Waals surface area contributed by atoms with Crippen LogP contribution in [0, 0.1) is 0 Å². The van der Waals surface area contributed by atoms with Gasteiger partial charge >= 0.3 is 5.97 Å². The zero-order valence-electron chi connectivity index (χ0n) is 15.7. The van der Waals surface area contributed by atoms with Crippen molar-refractivity contribution in [2.45, 2.75) is 44.6 Å². The quantitative estimate of drug-likeness (QED) is 0.776. The number of amides is 1. The lowest BCUT2D eigenvalue weighted by molar-refractivity contribution is 0.0694. The molecule has 0 saturated carbocycles. The molecular formula is C19H23NO6S. The molecule has 0 bridgehead atoms. The average molecular weight is 393 g/mol. The van der Waals surface area contributed by atoms with Gasteiger partial charge in [-0.25, -0.2) is 13.2 Å². The predicted molar refractivity (Wildman–Crippen MR) is 102 cm³/mol. The van der Waals surface area contributed by atoms with E-state index in [-0.39, 0.29) is 22.8 Å². The van der Waals surface area contributed by atoms with Gasteiger partial charge in [-0.3, -0.25) is 4.79 Å². The van der Waals surface area contributed by atoms with E-state index in [9.17, 15) is 18.0 Å². The molecule has 0 radical (unpaired) electrons. The number of rotatable bonds is 6. The van der Waals surface area contributed by atoms with Crippen LogP contribution < -0.4 is 5.32 Å². The number of hydrogen-bond acceptors (Lipinski definition) is 5. The van der Waals surface area contributed by atoms with E-state index in [2.05, 4.69) is 5.32 Å². The van der Waals surface area contributed by atoms with Crippen LogP contribution in [-0.2, 0) is 22.0 Å². The Balaban J connectivity index is 2.21. The Bertz CT molecular complexity index is 966. The molecule has 0 aliphatic carbocycles. The number of benzene rings is 1. The fraction of sp³-hybridized carbons (Fsp3) is 0.368. The van der Waals surface area contributed by atoms with Gasteiger partial charge in [0.2, 0.25) is 0 Å². The number of carboxylic acid groups (broad SMARTS) is 1. The topological polar surface area (TPSA) is 114 Å². The number of aromatic carboxylic acids is 1. The van der Waals surface area contributed by atoms with E-state index in [1.807, 2.05) is 0 Å². The Hall–Kier alpha value is -2.61. The lowest BCUT2D eigenvalue weighted by Crippen LogP contribution is -2.29. The van der Waals surface area contributed by atoms with E-state index >= 15 is 0 Å². The summed E-state index contributed by atoms with van der Waals surface area (Å²) >= 11 is 0. The second kappa shape index (κ2) is 7.56. The van der Waals surface area contributed by atoms with Gasteiger partial charge in [0, 0.05) is 18.2 Å². The van der Waals surface area contributed by atoms with Crippen LogP contribution in [0.1, 0.15) is 59.9 Å². The van der Waals surface area contributed by atoms with Crippen molar-refractivity contribution in [1.82, 2.24) is 0 Å². The Kier molecular flexibility index (Phi) is 5.79. The van der Waals surface area contributed by atoms with Gasteiger partial charge in [0.1, 0.15) is 11.3 Å². The van der Waals surface area contributed by atoms with E-state index in [0.717, 1.165) is 0 Å². The van der Waals surface area contributed by atoms with Crippen molar-refractivity contribution in [2.75, 3.05) is 5.32 Å². The second-order valence-corrected chi connectivity index (χ2v) is 9.88. The van der Waals surface area contributed by atoms with Gasteiger partial charge in [-0.05, 0) is 38.5 Å². The first-order chi connectivity index (χ1) is 12.4. The van der Waals surface area contributed by atoms with Gasteiger partial charge in [0.25, 0.3) is 5.91 Å². The standard InChI is InChI=1S/C19H23NO6S/c1-5-15-14(18(22)23)10-16(26-15)17(21)20-13-8-6-7-12(9-13)11-27(24,25)19(2,3)4/h6-10H,5,11H2,1-4H3,(H,20,21)(H,22,23). The predicted octanol–water partition coefficient (Wildman–Crippen LogP) is 3.51. The van der Waals surface area contributed by atoms with Crippen LogP contribution in [0.15, 0.2) is 34.7 Å². The average Bonchev–Trinajstić information content (AvgIpc) is 2.98. The molecule has 2 aromatic rings. The van der Waals surface area contributed by atoms with Crippen molar-refractivity contribution in [3.63, 3.8) is 0 Å². The van der Waals surface area contributed by atoms with Crippen LogP contribution in [0.3, 0.4) is 0 Å².